The molecule has 9 heavy (non-hydrogen) atoms. The topological polar surface area (TPSA) is 59.1 Å². The summed E-state index contributed by atoms with van der Waals surface area (Å²) in [5.41, 5.74) is 0. The van der Waals surface area contributed by atoms with Crippen LogP contribution in [0.2, 0.25) is 0 Å². The number of carbonyl (C=O) groups excluding carboxylic acids is 1. The third kappa shape index (κ3) is 0.571. The second kappa shape index (κ2) is 1.46. The van der Waals surface area contributed by atoms with E-state index < -0.39 is 6.10 Å². The van der Waals surface area contributed by atoms with Gasteiger partial charge in [-0.1, -0.05) is 0 Å². The van der Waals surface area contributed by atoms with E-state index in [4.69, 9.17) is 9.84 Å². The van der Waals surface area contributed by atoms with Crippen molar-refractivity contribution in [3.8, 4) is 0 Å². The van der Waals surface area contributed by atoms with Gasteiger partial charge in [0.1, 0.15) is 6.10 Å². The van der Waals surface area contributed by atoms with Crippen LogP contribution in [0.5, 0.6) is 0 Å². The molecule has 1 N–H and O–H groups in total. The van der Waals surface area contributed by atoms with Crippen molar-refractivity contribution >= 4 is 5.97 Å². The summed E-state index contributed by atoms with van der Waals surface area (Å²) in [5, 5.41) is 8.52. The first kappa shape index (κ1) is 5.20. The van der Waals surface area contributed by atoms with Gasteiger partial charge in [0.05, 0.1) is 6.61 Å². The first-order chi connectivity index (χ1) is 4.33. The maximum atomic E-state index is 10.5. The molecular formula is C5H6O4. The van der Waals surface area contributed by atoms with E-state index >= 15 is 0 Å². The minimum absolute atomic E-state index is 0.132. The van der Waals surface area contributed by atoms with Gasteiger partial charge in [0.15, 0.2) is 12.2 Å². The number of rotatable bonds is 1. The van der Waals surface area contributed by atoms with E-state index in [1.807, 2.05) is 0 Å². The Morgan fingerprint density at radius 1 is 1.67 bits per heavy atom. The van der Waals surface area contributed by atoms with Crippen molar-refractivity contribution in [2.45, 2.75) is 18.3 Å². The number of hydrogen-bond donors (Lipinski definition) is 1. The minimum atomic E-state index is -0.400. The van der Waals surface area contributed by atoms with Crippen LogP contribution in [0.25, 0.3) is 0 Å². The lowest BCUT2D eigenvalue weighted by Gasteiger charge is -2.05. The van der Waals surface area contributed by atoms with E-state index in [1.54, 1.807) is 0 Å². The highest BCUT2D eigenvalue weighted by molar-refractivity contribution is 5.81. The fourth-order valence-corrected chi connectivity index (χ4v) is 1.02. The van der Waals surface area contributed by atoms with Gasteiger partial charge in [-0.2, -0.15) is 0 Å². The van der Waals surface area contributed by atoms with Gasteiger partial charge in [-0.3, -0.25) is 0 Å². The van der Waals surface area contributed by atoms with Crippen molar-refractivity contribution < 1.29 is 19.4 Å². The average Bonchev–Trinajstić information content (AvgIpc) is 2.56. The van der Waals surface area contributed by atoms with Gasteiger partial charge in [-0.25, -0.2) is 4.79 Å². The lowest BCUT2D eigenvalue weighted by molar-refractivity contribution is -0.151. The standard InChI is InChI=1S/C5H6O4/c6-1-2-3-4(9-3)5(7)8-2/h2-4,6H,1H2. The second-order valence-corrected chi connectivity index (χ2v) is 2.18. The number of hydrogen-bond acceptors (Lipinski definition) is 4. The summed E-state index contributed by atoms with van der Waals surface area (Å²) in [6.45, 7) is -0.132. The average molecular weight is 130 g/mol. The summed E-state index contributed by atoms with van der Waals surface area (Å²) in [6.07, 6.45) is -0.910. The van der Waals surface area contributed by atoms with Crippen LogP contribution in [0.1, 0.15) is 0 Å². The number of esters is 1. The van der Waals surface area contributed by atoms with Crippen molar-refractivity contribution in [1.82, 2.24) is 0 Å². The minimum Gasteiger partial charge on any atom is -0.455 e. The lowest BCUT2D eigenvalue weighted by atomic mass is 10.2. The summed E-state index contributed by atoms with van der Waals surface area (Å²) in [6, 6.07) is 0. The molecule has 4 heteroatoms. The van der Waals surface area contributed by atoms with E-state index in [2.05, 4.69) is 4.74 Å². The summed E-state index contributed by atoms with van der Waals surface area (Å²) >= 11 is 0. The third-order valence-electron chi connectivity index (χ3n) is 1.57. The molecule has 2 aliphatic heterocycles. The van der Waals surface area contributed by atoms with Crippen LogP contribution < -0.4 is 0 Å². The Morgan fingerprint density at radius 2 is 2.44 bits per heavy atom. The fourth-order valence-electron chi connectivity index (χ4n) is 1.02. The van der Waals surface area contributed by atoms with Crippen LogP contribution in [0, 0.1) is 0 Å². The van der Waals surface area contributed by atoms with Crippen molar-refractivity contribution in [1.29, 1.82) is 0 Å². The van der Waals surface area contributed by atoms with Crippen LogP contribution in [0.4, 0.5) is 0 Å². The van der Waals surface area contributed by atoms with Crippen LogP contribution in [0.15, 0.2) is 0 Å². The van der Waals surface area contributed by atoms with Crippen molar-refractivity contribution in [3.05, 3.63) is 0 Å². The number of ether oxygens (including phenoxy) is 2. The molecule has 2 heterocycles. The maximum absolute atomic E-state index is 10.5. The van der Waals surface area contributed by atoms with Gasteiger partial charge in [0.25, 0.3) is 0 Å². The number of epoxide rings is 1. The molecular weight excluding hydrogens is 124 g/mol. The monoisotopic (exact) mass is 130 g/mol. The molecule has 2 fully saturated rings. The van der Waals surface area contributed by atoms with Crippen LogP contribution in [-0.4, -0.2) is 36.0 Å². The molecule has 0 aliphatic carbocycles. The van der Waals surface area contributed by atoms with Gasteiger partial charge in [-0.15, -0.1) is 0 Å². The first-order valence-electron chi connectivity index (χ1n) is 2.80. The highest BCUT2D eigenvalue weighted by Gasteiger charge is 2.58. The van der Waals surface area contributed by atoms with Crippen LogP contribution in [-0.2, 0) is 14.3 Å². The Morgan fingerprint density at radius 3 is 2.67 bits per heavy atom. The number of carbonyl (C=O) groups is 1. The molecule has 2 aliphatic rings. The van der Waals surface area contributed by atoms with Crippen molar-refractivity contribution in [2.75, 3.05) is 6.61 Å². The van der Waals surface area contributed by atoms with E-state index in [9.17, 15) is 4.79 Å². The third-order valence-corrected chi connectivity index (χ3v) is 1.57. The molecule has 0 amide bonds. The predicted octanol–water partition coefficient (Wildman–Crippen LogP) is -1.33. The van der Waals surface area contributed by atoms with Crippen LogP contribution in [0.3, 0.4) is 0 Å². The highest BCUT2D eigenvalue weighted by Crippen LogP contribution is 2.34. The van der Waals surface area contributed by atoms with Gasteiger partial charge in [0.2, 0.25) is 0 Å². The normalized spacial score (nSPS) is 46.3. The molecule has 0 aromatic carbocycles. The van der Waals surface area contributed by atoms with Gasteiger partial charge in [0, 0.05) is 0 Å². The van der Waals surface area contributed by atoms with Crippen LogP contribution >= 0.6 is 0 Å². The molecule has 50 valence electrons. The molecule has 0 spiro atoms. The summed E-state index contributed by atoms with van der Waals surface area (Å²) in [7, 11) is 0. The molecule has 3 atom stereocenters. The highest BCUT2D eigenvalue weighted by atomic mass is 16.7. The zero-order valence-corrected chi connectivity index (χ0v) is 4.61. The van der Waals surface area contributed by atoms with E-state index in [-0.39, 0.29) is 24.8 Å². The summed E-state index contributed by atoms with van der Waals surface area (Å²) < 4.78 is 9.49. The maximum Gasteiger partial charge on any atom is 0.338 e. The van der Waals surface area contributed by atoms with E-state index in [1.165, 1.54) is 0 Å². The van der Waals surface area contributed by atoms with Gasteiger partial charge >= 0.3 is 5.97 Å². The molecule has 0 bridgehead atoms. The molecule has 0 saturated carbocycles. The van der Waals surface area contributed by atoms with E-state index in [0.29, 0.717) is 0 Å². The lowest BCUT2D eigenvalue weighted by Crippen LogP contribution is -2.20. The number of fused-ring (bicyclic) bond motifs is 1. The molecule has 3 unspecified atom stereocenters. The fraction of sp³-hybridized carbons (Fsp3) is 0.800. The summed E-state index contributed by atoms with van der Waals surface area (Å²) in [5.74, 6) is -0.334. The Labute approximate surface area is 51.4 Å². The zero-order chi connectivity index (χ0) is 6.43. The van der Waals surface area contributed by atoms with Crippen molar-refractivity contribution in [2.24, 2.45) is 0 Å². The molecule has 0 aromatic rings. The molecule has 0 radical (unpaired) electrons. The number of aliphatic hydroxyl groups is 1. The molecule has 4 nitrogen and oxygen atoms in total. The quantitative estimate of drug-likeness (QED) is 0.353. The Kier molecular flexibility index (Phi) is 0.841. The smallest absolute Gasteiger partial charge is 0.338 e. The number of aliphatic hydroxyl groups excluding tert-OH is 1. The Balaban J connectivity index is 2.08. The largest absolute Gasteiger partial charge is 0.455 e. The predicted molar refractivity (Wildman–Crippen MR) is 25.6 cm³/mol. The Bertz CT molecular complexity index is 155. The second-order valence-electron chi connectivity index (χ2n) is 2.18. The zero-order valence-electron chi connectivity index (χ0n) is 4.61. The SMILES string of the molecule is O=C1OC(CO)C2OC12. The molecule has 2 saturated heterocycles. The Hall–Kier alpha value is -0.610. The first-order valence-corrected chi connectivity index (χ1v) is 2.80. The number of cyclic esters (lactones) is 1. The van der Waals surface area contributed by atoms with E-state index in [0.717, 1.165) is 0 Å². The van der Waals surface area contributed by atoms with Gasteiger partial charge in [-0.05, 0) is 0 Å². The molecule has 2 rings (SSSR count). The summed E-state index contributed by atoms with van der Waals surface area (Å²) in [4.78, 5) is 10.5. The molecule has 0 aromatic heterocycles. The van der Waals surface area contributed by atoms with Crippen molar-refractivity contribution in [3.63, 3.8) is 0 Å². The van der Waals surface area contributed by atoms with Gasteiger partial charge < -0.3 is 14.6 Å².